The van der Waals surface area contributed by atoms with Crippen LogP contribution in [-0.4, -0.2) is 23.7 Å². The Labute approximate surface area is 117 Å². The molecule has 1 aliphatic carbocycles. The summed E-state index contributed by atoms with van der Waals surface area (Å²) < 4.78 is 25.8. The summed E-state index contributed by atoms with van der Waals surface area (Å²) in [5.74, 6) is -2.01. The molecule has 0 aromatic heterocycles. The van der Waals surface area contributed by atoms with Gasteiger partial charge in [0.25, 0.3) is 0 Å². The van der Waals surface area contributed by atoms with Gasteiger partial charge in [-0.15, -0.1) is 0 Å². The van der Waals surface area contributed by atoms with Gasteiger partial charge in [-0.3, -0.25) is 4.79 Å². The predicted molar refractivity (Wildman–Crippen MR) is 71.0 cm³/mol. The van der Waals surface area contributed by atoms with E-state index in [2.05, 4.69) is 5.32 Å². The third-order valence-electron chi connectivity index (χ3n) is 3.78. The van der Waals surface area contributed by atoms with Crippen LogP contribution in [-0.2, 0) is 11.2 Å². The molecular formula is C15H19F2NO2. The second kappa shape index (κ2) is 6.79. The summed E-state index contributed by atoms with van der Waals surface area (Å²) in [7, 11) is 0. The lowest BCUT2D eigenvalue weighted by molar-refractivity contribution is -0.120. The highest BCUT2D eigenvalue weighted by Crippen LogP contribution is 2.23. The van der Waals surface area contributed by atoms with Gasteiger partial charge in [-0.2, -0.15) is 0 Å². The molecule has 1 aliphatic rings. The summed E-state index contributed by atoms with van der Waals surface area (Å²) in [4.78, 5) is 11.7. The average molecular weight is 283 g/mol. The van der Waals surface area contributed by atoms with Gasteiger partial charge in [0.15, 0.2) is 11.6 Å². The Bertz CT molecular complexity index is 479. The van der Waals surface area contributed by atoms with Crippen molar-refractivity contribution in [2.24, 2.45) is 5.92 Å². The molecule has 1 aromatic carbocycles. The second-order valence-corrected chi connectivity index (χ2v) is 5.34. The number of carbonyl (C=O) groups is 1. The molecule has 0 radical (unpaired) electrons. The first-order chi connectivity index (χ1) is 9.56. The van der Waals surface area contributed by atoms with Gasteiger partial charge < -0.3 is 10.4 Å². The van der Waals surface area contributed by atoms with Crippen LogP contribution in [0.25, 0.3) is 0 Å². The first-order valence-corrected chi connectivity index (χ1v) is 6.95. The van der Waals surface area contributed by atoms with Crippen LogP contribution >= 0.6 is 0 Å². The molecule has 1 saturated carbocycles. The van der Waals surface area contributed by atoms with E-state index >= 15 is 0 Å². The standard InChI is InChI=1S/C15H19F2NO2/c16-12-6-5-10(7-13(12)17)8-15(20)18-9-11-3-1-2-4-14(11)19/h5-7,11,14,19H,1-4,8-9H2,(H,18,20). The number of benzene rings is 1. The van der Waals surface area contributed by atoms with Gasteiger partial charge in [0.2, 0.25) is 5.91 Å². The zero-order valence-electron chi connectivity index (χ0n) is 11.2. The molecule has 0 bridgehead atoms. The fourth-order valence-corrected chi connectivity index (χ4v) is 2.57. The highest BCUT2D eigenvalue weighted by molar-refractivity contribution is 5.78. The van der Waals surface area contributed by atoms with E-state index in [0.717, 1.165) is 37.8 Å². The van der Waals surface area contributed by atoms with Crippen LogP contribution in [0.1, 0.15) is 31.2 Å². The summed E-state index contributed by atoms with van der Waals surface area (Å²) in [6, 6.07) is 3.45. The van der Waals surface area contributed by atoms with Gasteiger partial charge in [0, 0.05) is 12.5 Å². The highest BCUT2D eigenvalue weighted by Gasteiger charge is 2.23. The monoisotopic (exact) mass is 283 g/mol. The molecule has 20 heavy (non-hydrogen) atoms. The van der Waals surface area contributed by atoms with Gasteiger partial charge in [-0.1, -0.05) is 18.9 Å². The Morgan fingerprint density at radius 2 is 2.00 bits per heavy atom. The number of amides is 1. The first kappa shape index (κ1) is 14.9. The summed E-state index contributed by atoms with van der Waals surface area (Å²) >= 11 is 0. The maximum absolute atomic E-state index is 13.0. The van der Waals surface area contributed by atoms with Crippen LogP contribution in [0.4, 0.5) is 8.78 Å². The number of rotatable bonds is 4. The lowest BCUT2D eigenvalue weighted by atomic mass is 9.86. The Kier molecular flexibility index (Phi) is 5.06. The van der Waals surface area contributed by atoms with E-state index in [-0.39, 0.29) is 24.3 Å². The number of aliphatic hydroxyl groups excluding tert-OH is 1. The zero-order chi connectivity index (χ0) is 14.5. The molecule has 1 fully saturated rings. The smallest absolute Gasteiger partial charge is 0.224 e. The maximum atomic E-state index is 13.0. The molecule has 2 rings (SSSR count). The van der Waals surface area contributed by atoms with Crippen molar-refractivity contribution in [3.8, 4) is 0 Å². The van der Waals surface area contributed by atoms with E-state index in [0.29, 0.717) is 12.1 Å². The molecule has 110 valence electrons. The summed E-state index contributed by atoms with van der Waals surface area (Å²) in [6.45, 7) is 0.434. The van der Waals surface area contributed by atoms with Crippen LogP contribution in [0.5, 0.6) is 0 Å². The van der Waals surface area contributed by atoms with Crippen LogP contribution < -0.4 is 5.32 Å². The fourth-order valence-electron chi connectivity index (χ4n) is 2.57. The van der Waals surface area contributed by atoms with Gasteiger partial charge in [0.1, 0.15) is 0 Å². The highest BCUT2D eigenvalue weighted by atomic mass is 19.2. The third-order valence-corrected chi connectivity index (χ3v) is 3.78. The average Bonchev–Trinajstić information content (AvgIpc) is 2.42. The minimum Gasteiger partial charge on any atom is -0.393 e. The molecule has 1 aromatic rings. The summed E-state index contributed by atoms with van der Waals surface area (Å²) in [6.07, 6.45) is 3.45. The zero-order valence-corrected chi connectivity index (χ0v) is 11.2. The number of aliphatic hydroxyl groups is 1. The minimum absolute atomic E-state index is 0.0139. The van der Waals surface area contributed by atoms with Gasteiger partial charge in [0.05, 0.1) is 12.5 Å². The fraction of sp³-hybridized carbons (Fsp3) is 0.533. The van der Waals surface area contributed by atoms with Crippen LogP contribution in [0.15, 0.2) is 18.2 Å². The molecule has 5 heteroatoms. The predicted octanol–water partition coefficient (Wildman–Crippen LogP) is 2.17. The molecule has 0 heterocycles. The largest absolute Gasteiger partial charge is 0.393 e. The number of carbonyl (C=O) groups excluding carboxylic acids is 1. The van der Waals surface area contributed by atoms with Crippen LogP contribution in [0, 0.1) is 17.6 Å². The lowest BCUT2D eigenvalue weighted by Gasteiger charge is -2.27. The lowest BCUT2D eigenvalue weighted by Crippen LogP contribution is -2.37. The Hall–Kier alpha value is -1.49. The molecule has 0 aliphatic heterocycles. The normalized spacial score (nSPS) is 22.6. The molecule has 0 saturated heterocycles. The Morgan fingerprint density at radius 3 is 2.70 bits per heavy atom. The molecule has 2 atom stereocenters. The number of nitrogens with one attached hydrogen (secondary N) is 1. The van der Waals surface area contributed by atoms with Crippen molar-refractivity contribution in [1.82, 2.24) is 5.32 Å². The molecule has 2 N–H and O–H groups in total. The topological polar surface area (TPSA) is 49.3 Å². The number of halogens is 2. The van der Waals surface area contributed by atoms with Crippen molar-refractivity contribution in [2.75, 3.05) is 6.54 Å². The van der Waals surface area contributed by atoms with Gasteiger partial charge >= 0.3 is 0 Å². The first-order valence-electron chi connectivity index (χ1n) is 6.95. The molecular weight excluding hydrogens is 264 g/mol. The van der Waals surface area contributed by atoms with Gasteiger partial charge in [-0.05, 0) is 30.5 Å². The summed E-state index contributed by atoms with van der Waals surface area (Å²) in [5.41, 5.74) is 0.436. The van der Waals surface area contributed by atoms with E-state index in [1.165, 1.54) is 6.07 Å². The van der Waals surface area contributed by atoms with Crippen molar-refractivity contribution in [3.05, 3.63) is 35.4 Å². The number of hydrogen-bond acceptors (Lipinski definition) is 2. The Morgan fingerprint density at radius 1 is 1.25 bits per heavy atom. The van der Waals surface area contributed by atoms with Gasteiger partial charge in [-0.25, -0.2) is 8.78 Å². The van der Waals surface area contributed by atoms with E-state index in [9.17, 15) is 18.7 Å². The van der Waals surface area contributed by atoms with Crippen molar-refractivity contribution in [1.29, 1.82) is 0 Å². The number of hydrogen-bond donors (Lipinski definition) is 2. The van der Waals surface area contributed by atoms with Crippen LogP contribution in [0.2, 0.25) is 0 Å². The minimum atomic E-state index is -0.946. The van der Waals surface area contributed by atoms with Crippen molar-refractivity contribution < 1.29 is 18.7 Å². The second-order valence-electron chi connectivity index (χ2n) is 5.34. The van der Waals surface area contributed by atoms with Crippen molar-refractivity contribution >= 4 is 5.91 Å². The van der Waals surface area contributed by atoms with E-state index in [1.807, 2.05) is 0 Å². The molecule has 1 amide bonds. The summed E-state index contributed by atoms with van der Waals surface area (Å²) in [5, 5.41) is 12.5. The molecule has 2 unspecified atom stereocenters. The van der Waals surface area contributed by atoms with Crippen LogP contribution in [0.3, 0.4) is 0 Å². The SMILES string of the molecule is O=C(Cc1ccc(F)c(F)c1)NCC1CCCCC1O. The van der Waals surface area contributed by atoms with Crippen molar-refractivity contribution in [3.63, 3.8) is 0 Å². The molecule has 3 nitrogen and oxygen atoms in total. The Balaban J connectivity index is 1.81. The van der Waals surface area contributed by atoms with Crippen molar-refractivity contribution in [2.45, 2.75) is 38.2 Å². The molecule has 0 spiro atoms. The maximum Gasteiger partial charge on any atom is 0.224 e. The quantitative estimate of drug-likeness (QED) is 0.889. The van der Waals surface area contributed by atoms with E-state index in [1.54, 1.807) is 0 Å². The third kappa shape index (κ3) is 4.00. The van der Waals surface area contributed by atoms with E-state index in [4.69, 9.17) is 0 Å². The van der Waals surface area contributed by atoms with E-state index < -0.39 is 11.6 Å².